The van der Waals surface area contributed by atoms with Crippen molar-refractivity contribution in [3.05, 3.63) is 41.0 Å². The zero-order chi connectivity index (χ0) is 12.0. The van der Waals surface area contributed by atoms with Crippen molar-refractivity contribution < 1.29 is 9.53 Å². The van der Waals surface area contributed by atoms with E-state index in [-0.39, 0.29) is 5.97 Å². The van der Waals surface area contributed by atoms with E-state index >= 15 is 0 Å². The average Bonchev–Trinajstić information content (AvgIpc) is 2.30. The Hall–Kier alpha value is -1.28. The van der Waals surface area contributed by atoms with E-state index in [0.29, 0.717) is 11.4 Å². The molecule has 0 bridgehead atoms. The summed E-state index contributed by atoms with van der Waals surface area (Å²) < 4.78 is 4.71. The van der Waals surface area contributed by atoms with Gasteiger partial charge in [0.1, 0.15) is 0 Å². The summed E-state index contributed by atoms with van der Waals surface area (Å²) in [6, 6.07) is 5.70. The Morgan fingerprint density at radius 1 is 1.50 bits per heavy atom. The predicted octanol–water partition coefficient (Wildman–Crippen LogP) is 3.42. The van der Waals surface area contributed by atoms with Gasteiger partial charge in [-0.25, -0.2) is 4.79 Å². The summed E-state index contributed by atoms with van der Waals surface area (Å²) in [5.41, 5.74) is 2.51. The van der Waals surface area contributed by atoms with E-state index in [0.717, 1.165) is 17.5 Å². The van der Waals surface area contributed by atoms with Crippen LogP contribution in [0.25, 0.3) is 6.08 Å². The molecule has 0 fully saturated rings. The number of benzene rings is 1. The average molecular weight is 239 g/mol. The standard InChI is InChI=1S/C13H15ClO2/c1-10-6-7-11(5-3-4-8-14)9-12(10)13(15)16-2/h3,5-7,9H,4,8H2,1-2H3. The topological polar surface area (TPSA) is 26.3 Å². The maximum absolute atomic E-state index is 11.4. The molecule has 0 unspecified atom stereocenters. The molecule has 0 aliphatic heterocycles. The molecular weight excluding hydrogens is 224 g/mol. The summed E-state index contributed by atoms with van der Waals surface area (Å²) in [6.07, 6.45) is 4.76. The summed E-state index contributed by atoms with van der Waals surface area (Å²) in [7, 11) is 1.39. The first kappa shape index (κ1) is 12.8. The summed E-state index contributed by atoms with van der Waals surface area (Å²) in [5.74, 6) is 0.303. The van der Waals surface area contributed by atoms with Crippen molar-refractivity contribution in [2.24, 2.45) is 0 Å². The van der Waals surface area contributed by atoms with Crippen LogP contribution in [0.1, 0.15) is 27.9 Å². The van der Waals surface area contributed by atoms with Crippen molar-refractivity contribution in [3.8, 4) is 0 Å². The number of rotatable bonds is 4. The second-order valence-corrected chi connectivity index (χ2v) is 3.82. The molecule has 16 heavy (non-hydrogen) atoms. The number of carbonyl (C=O) groups is 1. The van der Waals surface area contributed by atoms with E-state index in [1.807, 2.05) is 37.3 Å². The van der Waals surface area contributed by atoms with Gasteiger partial charge in [0.2, 0.25) is 0 Å². The van der Waals surface area contributed by atoms with Crippen molar-refractivity contribution in [2.45, 2.75) is 13.3 Å². The third-order valence-electron chi connectivity index (χ3n) is 2.25. The van der Waals surface area contributed by atoms with Crippen LogP contribution in [0.2, 0.25) is 0 Å². The first-order valence-electron chi connectivity index (χ1n) is 5.10. The smallest absolute Gasteiger partial charge is 0.338 e. The summed E-state index contributed by atoms with van der Waals surface area (Å²) in [6.45, 7) is 1.89. The van der Waals surface area contributed by atoms with E-state index in [9.17, 15) is 4.79 Å². The summed E-state index contributed by atoms with van der Waals surface area (Å²) in [4.78, 5) is 11.4. The van der Waals surface area contributed by atoms with Gasteiger partial charge in [-0.15, -0.1) is 11.6 Å². The highest BCUT2D eigenvalue weighted by molar-refractivity contribution is 6.17. The minimum atomic E-state index is -0.301. The molecule has 0 aromatic heterocycles. The lowest BCUT2D eigenvalue weighted by Gasteiger charge is -2.04. The number of halogens is 1. The van der Waals surface area contributed by atoms with Crippen LogP contribution >= 0.6 is 11.6 Å². The molecule has 1 aromatic carbocycles. The van der Waals surface area contributed by atoms with Crippen LogP contribution in [0.4, 0.5) is 0 Å². The second kappa shape index (κ2) is 6.33. The van der Waals surface area contributed by atoms with Crippen LogP contribution in [0, 0.1) is 6.92 Å². The van der Waals surface area contributed by atoms with Crippen molar-refractivity contribution in [1.82, 2.24) is 0 Å². The number of hydrogen-bond acceptors (Lipinski definition) is 2. The van der Waals surface area contributed by atoms with Crippen molar-refractivity contribution in [2.75, 3.05) is 13.0 Å². The largest absolute Gasteiger partial charge is 0.465 e. The summed E-state index contributed by atoms with van der Waals surface area (Å²) in [5, 5.41) is 0. The Kier molecular flexibility index (Phi) is 5.06. The molecule has 86 valence electrons. The van der Waals surface area contributed by atoms with Gasteiger partial charge >= 0.3 is 5.97 Å². The number of esters is 1. The first-order valence-corrected chi connectivity index (χ1v) is 5.64. The lowest BCUT2D eigenvalue weighted by molar-refractivity contribution is 0.0600. The Morgan fingerprint density at radius 2 is 2.25 bits per heavy atom. The lowest BCUT2D eigenvalue weighted by atomic mass is 10.0. The highest BCUT2D eigenvalue weighted by atomic mass is 35.5. The van der Waals surface area contributed by atoms with E-state index in [2.05, 4.69) is 0 Å². The van der Waals surface area contributed by atoms with Crippen molar-refractivity contribution in [3.63, 3.8) is 0 Å². The third kappa shape index (κ3) is 3.38. The molecule has 0 spiro atoms. The number of ether oxygens (including phenoxy) is 1. The van der Waals surface area contributed by atoms with Crippen molar-refractivity contribution >= 4 is 23.6 Å². The highest BCUT2D eigenvalue weighted by Crippen LogP contribution is 2.13. The SMILES string of the molecule is COC(=O)c1cc(C=CCCCl)ccc1C. The summed E-state index contributed by atoms with van der Waals surface area (Å²) >= 11 is 5.57. The van der Waals surface area contributed by atoms with Gasteiger partial charge in [0.15, 0.2) is 0 Å². The Morgan fingerprint density at radius 3 is 2.88 bits per heavy atom. The zero-order valence-corrected chi connectivity index (χ0v) is 10.3. The fourth-order valence-corrected chi connectivity index (χ4v) is 1.48. The first-order chi connectivity index (χ1) is 7.69. The number of hydrogen-bond donors (Lipinski definition) is 0. The predicted molar refractivity (Wildman–Crippen MR) is 66.9 cm³/mol. The molecule has 0 atom stereocenters. The minimum absolute atomic E-state index is 0.301. The number of alkyl halides is 1. The lowest BCUT2D eigenvalue weighted by Crippen LogP contribution is -2.03. The zero-order valence-electron chi connectivity index (χ0n) is 9.50. The molecule has 0 saturated carbocycles. The Bertz CT molecular complexity index is 397. The van der Waals surface area contributed by atoms with Gasteiger partial charge in [-0.05, 0) is 30.5 Å². The molecule has 0 N–H and O–H groups in total. The van der Waals surface area contributed by atoms with Gasteiger partial charge in [-0.2, -0.15) is 0 Å². The van der Waals surface area contributed by atoms with Gasteiger partial charge in [0, 0.05) is 5.88 Å². The minimum Gasteiger partial charge on any atom is -0.465 e. The normalized spacial score (nSPS) is 10.7. The number of allylic oxidation sites excluding steroid dienone is 1. The molecule has 2 nitrogen and oxygen atoms in total. The molecule has 1 aromatic rings. The molecule has 0 aliphatic rings. The van der Waals surface area contributed by atoms with Crippen LogP contribution in [0.5, 0.6) is 0 Å². The van der Waals surface area contributed by atoms with Gasteiger partial charge in [-0.1, -0.05) is 24.3 Å². The van der Waals surface area contributed by atoms with Crippen LogP contribution < -0.4 is 0 Å². The molecule has 0 aliphatic carbocycles. The van der Waals surface area contributed by atoms with E-state index in [4.69, 9.17) is 16.3 Å². The van der Waals surface area contributed by atoms with E-state index < -0.39 is 0 Å². The fraction of sp³-hybridized carbons (Fsp3) is 0.308. The van der Waals surface area contributed by atoms with Gasteiger partial charge in [0.05, 0.1) is 12.7 Å². The third-order valence-corrected chi connectivity index (χ3v) is 2.47. The molecule has 0 saturated heterocycles. The monoisotopic (exact) mass is 238 g/mol. The highest BCUT2D eigenvalue weighted by Gasteiger charge is 2.08. The number of carbonyl (C=O) groups excluding carboxylic acids is 1. The van der Waals surface area contributed by atoms with Gasteiger partial charge in [0.25, 0.3) is 0 Å². The maximum atomic E-state index is 11.4. The van der Waals surface area contributed by atoms with E-state index in [1.165, 1.54) is 7.11 Å². The maximum Gasteiger partial charge on any atom is 0.338 e. The van der Waals surface area contributed by atoms with Crippen LogP contribution in [0.15, 0.2) is 24.3 Å². The second-order valence-electron chi connectivity index (χ2n) is 3.45. The van der Waals surface area contributed by atoms with Gasteiger partial charge in [-0.3, -0.25) is 0 Å². The van der Waals surface area contributed by atoms with Crippen LogP contribution in [-0.2, 0) is 4.74 Å². The quantitative estimate of drug-likeness (QED) is 0.594. The number of aryl methyl sites for hydroxylation is 1. The molecule has 0 heterocycles. The van der Waals surface area contributed by atoms with Crippen LogP contribution in [-0.4, -0.2) is 19.0 Å². The van der Waals surface area contributed by atoms with Crippen LogP contribution in [0.3, 0.4) is 0 Å². The Labute approximate surface area is 101 Å². The molecule has 0 amide bonds. The number of methoxy groups -OCH3 is 1. The fourth-order valence-electron chi connectivity index (χ4n) is 1.36. The molecular formula is C13H15ClO2. The Balaban J connectivity index is 2.93. The van der Waals surface area contributed by atoms with Crippen molar-refractivity contribution in [1.29, 1.82) is 0 Å². The molecule has 3 heteroatoms. The van der Waals surface area contributed by atoms with Gasteiger partial charge < -0.3 is 4.74 Å². The van der Waals surface area contributed by atoms with E-state index in [1.54, 1.807) is 0 Å². The molecule has 1 rings (SSSR count). The molecule has 0 radical (unpaired) electrons.